The minimum Gasteiger partial charge on any atom is -0.338 e. The maximum absolute atomic E-state index is 11.7. The van der Waals surface area contributed by atoms with E-state index in [0.29, 0.717) is 18.4 Å². The predicted octanol–water partition coefficient (Wildman–Crippen LogP) is 0.985. The van der Waals surface area contributed by atoms with E-state index in [0.717, 1.165) is 38.9 Å². The molecular formula is C12H19N3O. The first-order chi connectivity index (χ1) is 7.72. The van der Waals surface area contributed by atoms with Crippen molar-refractivity contribution >= 4 is 5.91 Å². The van der Waals surface area contributed by atoms with Crippen LogP contribution in [0.3, 0.4) is 0 Å². The highest BCUT2D eigenvalue weighted by Crippen LogP contribution is 2.22. The molecule has 0 aliphatic carbocycles. The molecule has 4 nitrogen and oxygen atoms in total. The van der Waals surface area contributed by atoms with Crippen molar-refractivity contribution in [2.45, 2.75) is 44.7 Å². The molecule has 88 valence electrons. The molecule has 2 rings (SSSR count). The molecule has 2 unspecified atom stereocenters. The van der Waals surface area contributed by atoms with Gasteiger partial charge in [-0.3, -0.25) is 9.69 Å². The number of hydrogen-bond acceptors (Lipinski definition) is 3. The van der Waals surface area contributed by atoms with Gasteiger partial charge in [-0.05, 0) is 32.7 Å². The van der Waals surface area contributed by atoms with Crippen LogP contribution in [0, 0.1) is 11.3 Å². The van der Waals surface area contributed by atoms with E-state index in [1.807, 2.05) is 11.8 Å². The molecule has 0 aromatic rings. The van der Waals surface area contributed by atoms with E-state index in [4.69, 9.17) is 5.26 Å². The Bertz CT molecular complexity index is 310. The van der Waals surface area contributed by atoms with Crippen molar-refractivity contribution in [1.29, 1.82) is 5.26 Å². The van der Waals surface area contributed by atoms with E-state index < -0.39 is 0 Å². The van der Waals surface area contributed by atoms with Crippen molar-refractivity contribution in [2.75, 3.05) is 19.6 Å². The van der Waals surface area contributed by atoms with Gasteiger partial charge in [0.05, 0.1) is 12.1 Å². The fourth-order valence-electron chi connectivity index (χ4n) is 2.73. The van der Waals surface area contributed by atoms with Crippen LogP contribution in [-0.4, -0.2) is 47.4 Å². The number of piperidine rings is 1. The summed E-state index contributed by atoms with van der Waals surface area (Å²) in [6, 6.07) is 2.60. The Morgan fingerprint density at radius 3 is 2.88 bits per heavy atom. The quantitative estimate of drug-likeness (QED) is 0.698. The van der Waals surface area contributed by atoms with E-state index in [-0.39, 0.29) is 6.04 Å². The third-order valence-corrected chi connectivity index (χ3v) is 3.71. The van der Waals surface area contributed by atoms with Crippen LogP contribution in [0.4, 0.5) is 0 Å². The second-order valence-corrected chi connectivity index (χ2v) is 4.79. The summed E-state index contributed by atoms with van der Waals surface area (Å²) in [5.41, 5.74) is 0. The van der Waals surface area contributed by atoms with Gasteiger partial charge in [0.25, 0.3) is 0 Å². The predicted molar refractivity (Wildman–Crippen MR) is 60.6 cm³/mol. The van der Waals surface area contributed by atoms with Crippen molar-refractivity contribution in [3.63, 3.8) is 0 Å². The number of amides is 1. The highest BCUT2D eigenvalue weighted by atomic mass is 16.2. The highest BCUT2D eigenvalue weighted by molar-refractivity contribution is 5.78. The molecule has 0 radical (unpaired) electrons. The third kappa shape index (κ3) is 2.19. The van der Waals surface area contributed by atoms with Gasteiger partial charge in [-0.15, -0.1) is 0 Å². The van der Waals surface area contributed by atoms with Crippen LogP contribution in [0.1, 0.15) is 32.6 Å². The molecular weight excluding hydrogens is 202 g/mol. The fraction of sp³-hybridized carbons (Fsp3) is 0.833. The average Bonchev–Trinajstić information content (AvgIpc) is 2.74. The van der Waals surface area contributed by atoms with Crippen molar-refractivity contribution in [1.82, 2.24) is 9.80 Å². The average molecular weight is 221 g/mol. The Kier molecular flexibility index (Phi) is 3.45. The molecule has 0 saturated carbocycles. The van der Waals surface area contributed by atoms with E-state index in [9.17, 15) is 4.79 Å². The lowest BCUT2D eigenvalue weighted by Gasteiger charge is -2.38. The topological polar surface area (TPSA) is 47.3 Å². The molecule has 1 amide bonds. The lowest BCUT2D eigenvalue weighted by atomic mass is 10.0. The Morgan fingerprint density at radius 2 is 2.25 bits per heavy atom. The number of carbonyl (C=O) groups is 1. The smallest absolute Gasteiger partial charge is 0.222 e. The standard InChI is InChI=1S/C12H19N3O/c1-10(8-13)14-6-2-4-11(9-14)15-7-3-5-12(15)16/h10-11H,2-7,9H2,1H3. The Morgan fingerprint density at radius 1 is 1.44 bits per heavy atom. The van der Waals surface area contributed by atoms with E-state index in [1.54, 1.807) is 0 Å². The van der Waals surface area contributed by atoms with Gasteiger partial charge >= 0.3 is 0 Å². The fourth-order valence-corrected chi connectivity index (χ4v) is 2.73. The van der Waals surface area contributed by atoms with E-state index in [1.165, 1.54) is 0 Å². The minimum absolute atomic E-state index is 0.0273. The monoisotopic (exact) mass is 221 g/mol. The normalized spacial score (nSPS) is 29.1. The van der Waals surface area contributed by atoms with Crippen LogP contribution in [0.15, 0.2) is 0 Å². The zero-order valence-electron chi connectivity index (χ0n) is 9.85. The van der Waals surface area contributed by atoms with Gasteiger partial charge in [0.15, 0.2) is 0 Å². The summed E-state index contributed by atoms with van der Waals surface area (Å²) in [7, 11) is 0. The zero-order chi connectivity index (χ0) is 11.5. The second-order valence-electron chi connectivity index (χ2n) is 4.79. The molecule has 2 saturated heterocycles. The van der Waals surface area contributed by atoms with Gasteiger partial charge in [0.2, 0.25) is 5.91 Å². The molecule has 0 aromatic carbocycles. The van der Waals surface area contributed by atoms with Crippen LogP contribution in [0.5, 0.6) is 0 Å². The number of rotatable bonds is 2. The lowest BCUT2D eigenvalue weighted by Crippen LogP contribution is -2.50. The molecule has 2 aliphatic heterocycles. The summed E-state index contributed by atoms with van der Waals surface area (Å²) in [6.07, 6.45) is 3.91. The highest BCUT2D eigenvalue weighted by Gasteiger charge is 2.32. The van der Waals surface area contributed by atoms with Crippen molar-refractivity contribution < 1.29 is 4.79 Å². The third-order valence-electron chi connectivity index (χ3n) is 3.71. The van der Waals surface area contributed by atoms with Crippen LogP contribution >= 0.6 is 0 Å². The number of nitrogens with zero attached hydrogens (tertiary/aromatic N) is 3. The molecule has 2 aliphatic rings. The Labute approximate surface area is 96.8 Å². The number of carbonyl (C=O) groups excluding carboxylic acids is 1. The maximum Gasteiger partial charge on any atom is 0.222 e. The first-order valence-corrected chi connectivity index (χ1v) is 6.15. The van der Waals surface area contributed by atoms with Crippen LogP contribution < -0.4 is 0 Å². The minimum atomic E-state index is -0.0273. The largest absolute Gasteiger partial charge is 0.338 e. The van der Waals surface area contributed by atoms with Crippen molar-refractivity contribution in [2.24, 2.45) is 0 Å². The summed E-state index contributed by atoms with van der Waals surface area (Å²) >= 11 is 0. The second kappa shape index (κ2) is 4.84. The SMILES string of the molecule is CC(C#N)N1CCCC(N2CCCC2=O)C1. The first-order valence-electron chi connectivity index (χ1n) is 6.15. The molecule has 0 spiro atoms. The first kappa shape index (κ1) is 11.4. The molecule has 0 aromatic heterocycles. The molecule has 2 atom stereocenters. The van der Waals surface area contributed by atoms with Crippen molar-refractivity contribution in [3.8, 4) is 6.07 Å². The van der Waals surface area contributed by atoms with Gasteiger partial charge in [-0.2, -0.15) is 5.26 Å². The Hall–Kier alpha value is -1.08. The van der Waals surface area contributed by atoms with Gasteiger partial charge in [0, 0.05) is 25.6 Å². The van der Waals surface area contributed by atoms with Gasteiger partial charge < -0.3 is 4.90 Å². The summed E-state index contributed by atoms with van der Waals surface area (Å²) in [5, 5.41) is 8.92. The zero-order valence-corrected chi connectivity index (χ0v) is 9.85. The van der Waals surface area contributed by atoms with Gasteiger partial charge in [-0.25, -0.2) is 0 Å². The Balaban J connectivity index is 1.96. The van der Waals surface area contributed by atoms with Gasteiger partial charge in [-0.1, -0.05) is 0 Å². The molecule has 0 bridgehead atoms. The number of likely N-dealkylation sites (tertiary alicyclic amines) is 2. The number of hydrogen-bond donors (Lipinski definition) is 0. The molecule has 0 N–H and O–H groups in total. The molecule has 16 heavy (non-hydrogen) atoms. The summed E-state index contributed by atoms with van der Waals surface area (Å²) in [5.74, 6) is 0.302. The van der Waals surface area contributed by atoms with Crippen molar-refractivity contribution in [3.05, 3.63) is 0 Å². The van der Waals surface area contributed by atoms with Gasteiger partial charge in [0.1, 0.15) is 0 Å². The summed E-state index contributed by atoms with van der Waals surface area (Å²) in [6.45, 7) is 4.72. The van der Waals surface area contributed by atoms with Crippen LogP contribution in [0.25, 0.3) is 0 Å². The molecule has 4 heteroatoms. The van der Waals surface area contributed by atoms with E-state index in [2.05, 4.69) is 11.0 Å². The summed E-state index contributed by atoms with van der Waals surface area (Å²) in [4.78, 5) is 15.9. The lowest BCUT2D eigenvalue weighted by molar-refractivity contribution is -0.130. The molecule has 2 heterocycles. The van der Waals surface area contributed by atoms with Crippen LogP contribution in [-0.2, 0) is 4.79 Å². The number of nitriles is 1. The summed E-state index contributed by atoms with van der Waals surface area (Å²) < 4.78 is 0. The van der Waals surface area contributed by atoms with E-state index >= 15 is 0 Å². The molecule has 2 fully saturated rings. The van der Waals surface area contributed by atoms with Crippen LogP contribution in [0.2, 0.25) is 0 Å². The maximum atomic E-state index is 11.7.